The van der Waals surface area contributed by atoms with E-state index in [4.69, 9.17) is 25.8 Å². The van der Waals surface area contributed by atoms with Crippen LogP contribution >= 0.6 is 11.6 Å². The highest BCUT2D eigenvalue weighted by Crippen LogP contribution is 2.39. The van der Waals surface area contributed by atoms with Crippen molar-refractivity contribution in [3.63, 3.8) is 0 Å². The number of carboxylic acid groups (broad SMARTS) is 1. The second kappa shape index (κ2) is 12.9. The number of esters is 1. The number of aromatic nitrogens is 2. The first-order valence-corrected chi connectivity index (χ1v) is 17.7. The number of nitrogens with zero attached hydrogens (tertiary/aromatic N) is 3. The lowest BCUT2D eigenvalue weighted by Crippen LogP contribution is -2.47. The summed E-state index contributed by atoms with van der Waals surface area (Å²) in [5.41, 5.74) is 1.16. The molecule has 1 aliphatic rings. The Morgan fingerprint density at radius 3 is 2.46 bits per heavy atom. The molecule has 12 heteroatoms. The van der Waals surface area contributed by atoms with Gasteiger partial charge in [-0.05, 0) is 48.7 Å². The summed E-state index contributed by atoms with van der Waals surface area (Å²) >= 11 is 6.47. The van der Waals surface area contributed by atoms with E-state index in [9.17, 15) is 19.1 Å². The van der Waals surface area contributed by atoms with Crippen LogP contribution in [0.5, 0.6) is 0 Å². The van der Waals surface area contributed by atoms with Crippen LogP contribution in [0.25, 0.3) is 10.9 Å². The zero-order chi connectivity index (χ0) is 29.8. The summed E-state index contributed by atoms with van der Waals surface area (Å²) in [6, 6.07) is 10.6. The third kappa shape index (κ3) is 7.65. The summed E-state index contributed by atoms with van der Waals surface area (Å²) in [4.78, 5) is 26.0. The third-order valence-corrected chi connectivity index (χ3v) is 9.46. The molecule has 222 valence electrons. The van der Waals surface area contributed by atoms with Gasteiger partial charge in [-0.2, -0.15) is 5.10 Å². The molecule has 3 aromatic rings. The number of amides is 1. The number of carbonyl (C=O) groups is 2. The summed E-state index contributed by atoms with van der Waals surface area (Å²) < 4.78 is 32.8. The van der Waals surface area contributed by atoms with Gasteiger partial charge in [0.1, 0.15) is 12.5 Å². The number of ether oxygens (including phenoxy) is 3. The molecule has 0 radical (unpaired) electrons. The summed E-state index contributed by atoms with van der Waals surface area (Å²) in [5, 5.41) is 15.3. The number of benzene rings is 2. The zero-order valence-corrected chi connectivity index (χ0v) is 25.6. The predicted molar refractivity (Wildman–Crippen MR) is 156 cm³/mol. The highest BCUT2D eigenvalue weighted by molar-refractivity contribution is 6.76. The first-order valence-electron chi connectivity index (χ1n) is 13.6. The number of carbonyl (C=O) groups excluding carboxylic acids is 1. The molecule has 1 N–H and O–H groups in total. The highest BCUT2D eigenvalue weighted by Gasteiger charge is 2.40. The molecule has 0 bridgehead atoms. The van der Waals surface area contributed by atoms with Crippen LogP contribution in [0.1, 0.15) is 30.1 Å². The minimum absolute atomic E-state index is 0.0698. The summed E-state index contributed by atoms with van der Waals surface area (Å²) in [7, 11) is 0.0517. The molecule has 1 aliphatic heterocycles. The molecule has 2 heterocycles. The van der Waals surface area contributed by atoms with Crippen molar-refractivity contribution >= 4 is 42.6 Å². The molecule has 0 aliphatic carbocycles. The van der Waals surface area contributed by atoms with E-state index in [0.29, 0.717) is 35.6 Å². The van der Waals surface area contributed by atoms with Crippen LogP contribution in [0.15, 0.2) is 42.6 Å². The van der Waals surface area contributed by atoms with Crippen molar-refractivity contribution in [2.24, 2.45) is 0 Å². The van der Waals surface area contributed by atoms with Crippen LogP contribution in [-0.4, -0.2) is 73.3 Å². The van der Waals surface area contributed by atoms with E-state index < -0.39 is 31.7 Å². The van der Waals surface area contributed by atoms with E-state index in [1.807, 2.05) is 6.20 Å². The summed E-state index contributed by atoms with van der Waals surface area (Å²) in [6.45, 7) is 8.39. The molecule has 41 heavy (non-hydrogen) atoms. The van der Waals surface area contributed by atoms with Gasteiger partial charge in [0.05, 0.1) is 19.2 Å². The van der Waals surface area contributed by atoms with Crippen LogP contribution in [0.2, 0.25) is 30.7 Å². The molecule has 9 nitrogen and oxygen atoms in total. The van der Waals surface area contributed by atoms with E-state index in [1.54, 1.807) is 28.9 Å². The number of piperidine rings is 1. The standard InChI is InChI=1S/C29H37ClFN3O6Si/c1-38-27(35)26(24-16-22(30)15-20-17-34(32-25(20)24)19-39-13-14-41(2,3)4)40-18-29(21-5-7-23(31)8-6-21)9-11-33(12-10-29)28(36)37/h5-8,15-17,26H,9-14,18-19H2,1-4H3,(H,36,37). The molecule has 1 atom stereocenters. The molecular formula is C29H37ClFN3O6Si. The minimum atomic E-state index is -1.23. The predicted octanol–water partition coefficient (Wildman–Crippen LogP) is 6.08. The molecule has 4 rings (SSSR count). The van der Waals surface area contributed by atoms with E-state index >= 15 is 0 Å². The maximum absolute atomic E-state index is 13.8. The quantitative estimate of drug-likeness (QED) is 0.160. The van der Waals surface area contributed by atoms with Crippen LogP contribution in [0.4, 0.5) is 9.18 Å². The molecule has 1 saturated heterocycles. The number of rotatable bonds is 11. The van der Waals surface area contributed by atoms with Crippen molar-refractivity contribution in [1.82, 2.24) is 14.7 Å². The van der Waals surface area contributed by atoms with Crippen molar-refractivity contribution in [1.29, 1.82) is 0 Å². The lowest BCUT2D eigenvalue weighted by atomic mass is 9.73. The van der Waals surface area contributed by atoms with Gasteiger partial charge in [-0.1, -0.05) is 43.4 Å². The number of fused-ring (bicyclic) bond motifs is 1. The lowest BCUT2D eigenvalue weighted by Gasteiger charge is -2.41. The first kappa shape index (κ1) is 31.0. The molecule has 0 spiro atoms. The van der Waals surface area contributed by atoms with Gasteiger partial charge in [0, 0.05) is 55.4 Å². The average molecular weight is 606 g/mol. The zero-order valence-electron chi connectivity index (χ0n) is 23.9. The molecule has 1 fully saturated rings. The fourth-order valence-corrected chi connectivity index (χ4v) is 6.05. The Hall–Kier alpha value is -2.99. The number of halogens is 2. The SMILES string of the molecule is COC(=O)C(OCC1(c2ccc(F)cc2)CCN(C(=O)O)CC1)c1cc(Cl)cc2cn(COCC[Si](C)(C)C)nc12. The van der Waals surface area contributed by atoms with Gasteiger partial charge in [-0.3, -0.25) is 0 Å². The second-order valence-electron chi connectivity index (χ2n) is 11.7. The molecule has 0 saturated carbocycles. The Labute approximate surface area is 245 Å². The Morgan fingerprint density at radius 2 is 1.85 bits per heavy atom. The highest BCUT2D eigenvalue weighted by atomic mass is 35.5. The third-order valence-electron chi connectivity index (χ3n) is 7.54. The number of hydrogen-bond acceptors (Lipinski definition) is 6. The Kier molecular flexibility index (Phi) is 9.73. The van der Waals surface area contributed by atoms with Crippen molar-refractivity contribution in [2.75, 3.05) is 33.4 Å². The van der Waals surface area contributed by atoms with E-state index in [2.05, 4.69) is 24.7 Å². The molecule has 1 aromatic heterocycles. The van der Waals surface area contributed by atoms with Crippen molar-refractivity contribution in [3.05, 3.63) is 64.6 Å². The fourth-order valence-electron chi connectivity index (χ4n) is 5.06. The van der Waals surface area contributed by atoms with Gasteiger partial charge in [0.2, 0.25) is 0 Å². The van der Waals surface area contributed by atoms with E-state index in [-0.39, 0.29) is 32.2 Å². The molecule has 1 amide bonds. The monoisotopic (exact) mass is 605 g/mol. The van der Waals surface area contributed by atoms with Crippen molar-refractivity contribution in [2.45, 2.75) is 56.8 Å². The number of likely N-dealkylation sites (tertiary alicyclic amines) is 1. The van der Waals surface area contributed by atoms with Crippen molar-refractivity contribution < 1.29 is 33.3 Å². The normalized spacial score (nSPS) is 16.1. The number of methoxy groups -OCH3 is 1. The molecule has 2 aromatic carbocycles. The topological polar surface area (TPSA) is 103 Å². The van der Waals surface area contributed by atoms with Crippen molar-refractivity contribution in [3.8, 4) is 0 Å². The average Bonchev–Trinajstić information content (AvgIpc) is 3.33. The number of hydrogen-bond donors (Lipinski definition) is 1. The maximum atomic E-state index is 13.8. The fraction of sp³-hybridized carbons (Fsp3) is 0.483. The van der Waals surface area contributed by atoms with Crippen LogP contribution in [-0.2, 0) is 31.2 Å². The van der Waals surface area contributed by atoms with Gasteiger partial charge in [-0.15, -0.1) is 0 Å². The second-order valence-corrected chi connectivity index (χ2v) is 17.8. The van der Waals surface area contributed by atoms with Gasteiger partial charge in [0.15, 0.2) is 6.10 Å². The molecular weight excluding hydrogens is 569 g/mol. The lowest BCUT2D eigenvalue weighted by molar-refractivity contribution is -0.156. The summed E-state index contributed by atoms with van der Waals surface area (Å²) in [5.74, 6) is -0.992. The summed E-state index contributed by atoms with van der Waals surface area (Å²) in [6.07, 6.45) is 0.551. The Balaban J connectivity index is 1.62. The van der Waals surface area contributed by atoms with Gasteiger partial charge < -0.3 is 24.2 Å². The molecule has 1 unspecified atom stereocenters. The minimum Gasteiger partial charge on any atom is -0.467 e. The van der Waals surface area contributed by atoms with Crippen LogP contribution in [0, 0.1) is 5.82 Å². The first-order chi connectivity index (χ1) is 19.4. The van der Waals surface area contributed by atoms with E-state index in [1.165, 1.54) is 24.1 Å². The van der Waals surface area contributed by atoms with Crippen LogP contribution in [0.3, 0.4) is 0 Å². The smallest absolute Gasteiger partial charge is 0.407 e. The van der Waals surface area contributed by atoms with Gasteiger partial charge in [-0.25, -0.2) is 18.7 Å². The van der Waals surface area contributed by atoms with E-state index in [0.717, 1.165) is 17.0 Å². The van der Waals surface area contributed by atoms with Gasteiger partial charge in [0.25, 0.3) is 0 Å². The Bertz CT molecular complexity index is 1370. The maximum Gasteiger partial charge on any atom is 0.407 e. The Morgan fingerprint density at radius 1 is 1.17 bits per heavy atom. The van der Waals surface area contributed by atoms with Gasteiger partial charge >= 0.3 is 12.1 Å². The van der Waals surface area contributed by atoms with Crippen LogP contribution < -0.4 is 0 Å². The largest absolute Gasteiger partial charge is 0.467 e.